The predicted molar refractivity (Wildman–Crippen MR) is 123 cm³/mol. The summed E-state index contributed by atoms with van der Waals surface area (Å²) in [6.45, 7) is 6.29. The summed E-state index contributed by atoms with van der Waals surface area (Å²) in [4.78, 5) is 31.1. The molecular formula is C21H24N4O4S2. The highest BCUT2D eigenvalue weighted by Gasteiger charge is 2.33. The van der Waals surface area contributed by atoms with Gasteiger partial charge in [-0.05, 0) is 43.2 Å². The van der Waals surface area contributed by atoms with Crippen LogP contribution in [-0.2, 0) is 16.0 Å². The monoisotopic (exact) mass is 460 g/mol. The maximum Gasteiger partial charge on any atom is 0.344 e. The number of carbonyl (C=O) groups is 2. The Balaban J connectivity index is 1.92. The Hall–Kier alpha value is -2.72. The first-order valence-corrected chi connectivity index (χ1v) is 11.7. The van der Waals surface area contributed by atoms with Crippen molar-refractivity contribution in [3.05, 3.63) is 39.7 Å². The van der Waals surface area contributed by atoms with E-state index >= 15 is 0 Å². The largest absolute Gasteiger partial charge is 0.479 e. The lowest BCUT2D eigenvalue weighted by molar-refractivity contribution is -0.145. The Bertz CT molecular complexity index is 1020. The van der Waals surface area contributed by atoms with E-state index in [-0.39, 0.29) is 5.91 Å². The van der Waals surface area contributed by atoms with Gasteiger partial charge in [0.15, 0.2) is 11.3 Å². The lowest BCUT2D eigenvalue weighted by Gasteiger charge is -2.15. The molecule has 31 heavy (non-hydrogen) atoms. The number of amidine groups is 1. The number of benzene rings is 1. The van der Waals surface area contributed by atoms with Crippen LogP contribution in [0.3, 0.4) is 0 Å². The smallest absolute Gasteiger partial charge is 0.344 e. The molecule has 1 unspecified atom stereocenters. The number of carbonyl (C=O) groups excluding carboxylic acids is 1. The highest BCUT2D eigenvalue weighted by atomic mass is 32.2. The van der Waals surface area contributed by atoms with Crippen molar-refractivity contribution >= 4 is 51.4 Å². The Kier molecular flexibility index (Phi) is 7.80. The molecule has 0 bridgehead atoms. The van der Waals surface area contributed by atoms with Crippen LogP contribution < -0.4 is 4.74 Å². The number of hydrogen-bond donors (Lipinski definition) is 1. The van der Waals surface area contributed by atoms with Gasteiger partial charge >= 0.3 is 5.97 Å². The van der Waals surface area contributed by atoms with Gasteiger partial charge < -0.3 is 9.84 Å². The summed E-state index contributed by atoms with van der Waals surface area (Å²) in [5.41, 5.74) is 0.639. The van der Waals surface area contributed by atoms with E-state index in [0.717, 1.165) is 17.8 Å². The highest BCUT2D eigenvalue weighted by Crippen LogP contribution is 2.36. The fourth-order valence-corrected chi connectivity index (χ4v) is 4.54. The van der Waals surface area contributed by atoms with Crippen molar-refractivity contribution in [3.8, 4) is 5.75 Å². The molecule has 0 spiro atoms. The van der Waals surface area contributed by atoms with Crippen molar-refractivity contribution in [2.45, 2.75) is 46.1 Å². The van der Waals surface area contributed by atoms with Crippen LogP contribution >= 0.6 is 23.1 Å². The van der Waals surface area contributed by atoms with Crippen molar-refractivity contribution < 1.29 is 19.4 Å². The van der Waals surface area contributed by atoms with Gasteiger partial charge in [0, 0.05) is 12.1 Å². The number of aromatic nitrogens is 2. The van der Waals surface area contributed by atoms with E-state index in [0.29, 0.717) is 39.5 Å². The Morgan fingerprint density at radius 1 is 1.29 bits per heavy atom. The zero-order valence-corrected chi connectivity index (χ0v) is 19.2. The van der Waals surface area contributed by atoms with Crippen LogP contribution in [0.15, 0.2) is 34.2 Å². The average molecular weight is 461 g/mol. The number of aliphatic carboxylic acids is 1. The number of rotatable bonds is 9. The first kappa shape index (κ1) is 23.0. The summed E-state index contributed by atoms with van der Waals surface area (Å²) in [5.74, 6) is -0.754. The quantitative estimate of drug-likeness (QED) is 0.554. The Labute approximate surface area is 189 Å². The number of carboxylic acid groups (broad SMARTS) is 1. The van der Waals surface area contributed by atoms with E-state index in [1.807, 2.05) is 19.9 Å². The molecule has 164 valence electrons. The first-order valence-electron chi connectivity index (χ1n) is 10.1. The minimum Gasteiger partial charge on any atom is -0.479 e. The number of aryl methyl sites for hydroxylation is 1. The third kappa shape index (κ3) is 5.50. The number of hydrogen-bond acceptors (Lipinski definition) is 8. The third-order valence-electron chi connectivity index (χ3n) is 4.41. The lowest BCUT2D eigenvalue weighted by atomic mass is 10.1. The van der Waals surface area contributed by atoms with E-state index in [4.69, 9.17) is 4.74 Å². The van der Waals surface area contributed by atoms with Gasteiger partial charge in [0.05, 0.1) is 4.91 Å². The summed E-state index contributed by atoms with van der Waals surface area (Å²) in [6, 6.07) is 7.08. The van der Waals surface area contributed by atoms with Gasteiger partial charge in [-0.2, -0.15) is 4.99 Å². The molecule has 1 N–H and O–H groups in total. The van der Waals surface area contributed by atoms with Crippen molar-refractivity contribution in [3.63, 3.8) is 0 Å². The Morgan fingerprint density at radius 2 is 2.06 bits per heavy atom. The SMILES string of the molecule is CCCN1C(=O)/C(=C\c2ccccc2OC(CC)C(=O)O)S/C1=N/c1nnc(CC)s1. The van der Waals surface area contributed by atoms with E-state index in [2.05, 4.69) is 15.2 Å². The molecule has 3 rings (SSSR count). The molecular weight excluding hydrogens is 436 g/mol. The fraction of sp³-hybridized carbons (Fsp3) is 0.381. The van der Waals surface area contributed by atoms with Gasteiger partial charge in [-0.25, -0.2) is 4.79 Å². The normalized spacial score (nSPS) is 17.5. The van der Waals surface area contributed by atoms with Crippen molar-refractivity contribution in [2.75, 3.05) is 6.54 Å². The van der Waals surface area contributed by atoms with Gasteiger partial charge in [0.2, 0.25) is 5.13 Å². The standard InChI is InChI=1S/C21H24N4O4S2/c1-4-11-25-18(26)16(30-21(25)22-20-24-23-17(6-3)31-20)12-13-9-7-8-10-15(13)29-14(5-2)19(27)28/h7-10,12,14H,4-6,11H2,1-3H3,(H,27,28)/b16-12+,22-21+. The molecule has 1 atom stereocenters. The fourth-order valence-electron chi connectivity index (χ4n) is 2.84. The molecule has 0 aliphatic carbocycles. The molecule has 1 aromatic carbocycles. The first-order chi connectivity index (χ1) is 15.0. The zero-order valence-electron chi connectivity index (χ0n) is 17.6. The summed E-state index contributed by atoms with van der Waals surface area (Å²) >= 11 is 2.67. The van der Waals surface area contributed by atoms with Gasteiger partial charge in [-0.15, -0.1) is 10.2 Å². The predicted octanol–water partition coefficient (Wildman–Crippen LogP) is 4.36. The number of thioether (sulfide) groups is 1. The van der Waals surface area contributed by atoms with Gasteiger partial charge in [-0.3, -0.25) is 9.69 Å². The second-order valence-corrected chi connectivity index (χ2v) is 8.73. The number of aliphatic imine (C=N–C) groups is 1. The molecule has 1 fully saturated rings. The van der Waals surface area contributed by atoms with Crippen LogP contribution in [0.2, 0.25) is 0 Å². The molecule has 1 aliphatic heterocycles. The van der Waals surface area contributed by atoms with Crippen LogP contribution in [0.1, 0.15) is 44.2 Å². The maximum atomic E-state index is 13.0. The zero-order chi connectivity index (χ0) is 22.4. The van der Waals surface area contributed by atoms with Crippen LogP contribution in [0.4, 0.5) is 5.13 Å². The van der Waals surface area contributed by atoms with Crippen LogP contribution in [-0.4, -0.2) is 49.9 Å². The molecule has 2 heterocycles. The molecule has 0 saturated carbocycles. The molecule has 10 heteroatoms. The van der Waals surface area contributed by atoms with Crippen LogP contribution in [0.25, 0.3) is 6.08 Å². The molecule has 1 aliphatic rings. The second-order valence-electron chi connectivity index (χ2n) is 6.68. The number of nitrogens with zero attached hydrogens (tertiary/aromatic N) is 4. The molecule has 2 aromatic rings. The Morgan fingerprint density at radius 3 is 2.71 bits per heavy atom. The minimum absolute atomic E-state index is 0.147. The number of para-hydroxylation sites is 1. The third-order valence-corrected chi connectivity index (χ3v) is 6.37. The van der Waals surface area contributed by atoms with Gasteiger partial charge in [-0.1, -0.05) is 50.3 Å². The molecule has 1 amide bonds. The highest BCUT2D eigenvalue weighted by molar-refractivity contribution is 8.18. The van der Waals surface area contributed by atoms with E-state index in [1.54, 1.807) is 36.1 Å². The number of amides is 1. The maximum absolute atomic E-state index is 13.0. The lowest BCUT2D eigenvalue weighted by Crippen LogP contribution is -2.29. The minimum atomic E-state index is -1.02. The summed E-state index contributed by atoms with van der Waals surface area (Å²) in [7, 11) is 0. The molecule has 1 saturated heterocycles. The van der Waals surface area contributed by atoms with Crippen LogP contribution in [0, 0.1) is 0 Å². The average Bonchev–Trinajstić information content (AvgIpc) is 3.33. The number of carboxylic acids is 1. The summed E-state index contributed by atoms with van der Waals surface area (Å²) < 4.78 is 5.69. The van der Waals surface area contributed by atoms with E-state index in [9.17, 15) is 14.7 Å². The second kappa shape index (κ2) is 10.5. The van der Waals surface area contributed by atoms with Crippen molar-refractivity contribution in [1.29, 1.82) is 0 Å². The van der Waals surface area contributed by atoms with Crippen LogP contribution in [0.5, 0.6) is 5.75 Å². The van der Waals surface area contributed by atoms with E-state index < -0.39 is 12.1 Å². The number of ether oxygens (including phenoxy) is 1. The topological polar surface area (TPSA) is 105 Å². The van der Waals surface area contributed by atoms with Crippen molar-refractivity contribution in [1.82, 2.24) is 15.1 Å². The van der Waals surface area contributed by atoms with Gasteiger partial charge in [0.1, 0.15) is 10.8 Å². The summed E-state index contributed by atoms with van der Waals surface area (Å²) in [6.07, 6.45) is 2.66. The molecule has 8 nitrogen and oxygen atoms in total. The van der Waals surface area contributed by atoms with Gasteiger partial charge in [0.25, 0.3) is 5.91 Å². The summed E-state index contributed by atoms with van der Waals surface area (Å²) in [5, 5.41) is 19.5. The van der Waals surface area contributed by atoms with E-state index in [1.165, 1.54) is 23.1 Å². The molecule has 1 aromatic heterocycles. The molecule has 0 radical (unpaired) electrons. The van der Waals surface area contributed by atoms with Crippen molar-refractivity contribution in [2.24, 2.45) is 4.99 Å².